The standard InChI is InChI=1S/C17H22N6O/c1-23(2)17-20-11-13-14(4-3-5-15(13)22-17)21-16(24)7-6-12-10-18-8-9-19-12/h8-11,14H,3-7H2,1-2H3,(H,21,24)/t14-/m1/s1. The first kappa shape index (κ1) is 16.3. The number of rotatable bonds is 5. The van der Waals surface area contributed by atoms with Crippen LogP contribution in [0.3, 0.4) is 0 Å². The quantitative estimate of drug-likeness (QED) is 0.895. The molecular weight excluding hydrogens is 304 g/mol. The molecule has 24 heavy (non-hydrogen) atoms. The first-order chi connectivity index (χ1) is 11.6. The van der Waals surface area contributed by atoms with Gasteiger partial charge in [-0.15, -0.1) is 0 Å². The fourth-order valence-electron chi connectivity index (χ4n) is 2.87. The molecule has 0 saturated heterocycles. The van der Waals surface area contributed by atoms with Crippen LogP contribution in [-0.2, 0) is 17.6 Å². The third-order valence-corrected chi connectivity index (χ3v) is 4.13. The molecule has 0 radical (unpaired) electrons. The van der Waals surface area contributed by atoms with Gasteiger partial charge in [-0.25, -0.2) is 9.97 Å². The SMILES string of the molecule is CN(C)c1ncc2c(n1)CCC[C@H]2NC(=O)CCc1cnccn1. The lowest BCUT2D eigenvalue weighted by molar-refractivity contribution is -0.121. The maximum Gasteiger partial charge on any atom is 0.225 e. The number of nitrogens with one attached hydrogen (secondary N) is 1. The summed E-state index contributed by atoms with van der Waals surface area (Å²) >= 11 is 0. The van der Waals surface area contributed by atoms with E-state index in [2.05, 4.69) is 25.3 Å². The molecule has 1 aliphatic carbocycles. The van der Waals surface area contributed by atoms with Crippen LogP contribution in [0.25, 0.3) is 0 Å². The molecule has 0 aromatic carbocycles. The number of nitrogens with zero attached hydrogens (tertiary/aromatic N) is 5. The summed E-state index contributed by atoms with van der Waals surface area (Å²) in [6.45, 7) is 0. The number of anilines is 1. The Morgan fingerprint density at radius 2 is 2.17 bits per heavy atom. The monoisotopic (exact) mass is 326 g/mol. The number of hydrogen-bond donors (Lipinski definition) is 1. The fraction of sp³-hybridized carbons (Fsp3) is 0.471. The summed E-state index contributed by atoms with van der Waals surface area (Å²) in [7, 11) is 3.85. The minimum absolute atomic E-state index is 0.000630. The van der Waals surface area contributed by atoms with Crippen LogP contribution < -0.4 is 10.2 Å². The Hall–Kier alpha value is -2.57. The van der Waals surface area contributed by atoms with E-state index < -0.39 is 0 Å². The molecule has 1 amide bonds. The highest BCUT2D eigenvalue weighted by atomic mass is 16.1. The number of carbonyl (C=O) groups is 1. The third-order valence-electron chi connectivity index (χ3n) is 4.13. The zero-order chi connectivity index (χ0) is 16.9. The van der Waals surface area contributed by atoms with Crippen LogP contribution >= 0.6 is 0 Å². The molecule has 1 N–H and O–H groups in total. The van der Waals surface area contributed by atoms with Gasteiger partial charge in [0, 0.05) is 50.9 Å². The largest absolute Gasteiger partial charge is 0.349 e. The first-order valence-electron chi connectivity index (χ1n) is 8.21. The van der Waals surface area contributed by atoms with Crippen molar-refractivity contribution >= 4 is 11.9 Å². The molecule has 2 heterocycles. The molecular formula is C17H22N6O. The van der Waals surface area contributed by atoms with E-state index in [0.717, 1.165) is 36.2 Å². The van der Waals surface area contributed by atoms with E-state index in [9.17, 15) is 4.79 Å². The smallest absolute Gasteiger partial charge is 0.225 e. The number of fused-ring (bicyclic) bond motifs is 1. The normalized spacial score (nSPS) is 16.3. The van der Waals surface area contributed by atoms with Crippen molar-refractivity contribution in [1.29, 1.82) is 0 Å². The summed E-state index contributed by atoms with van der Waals surface area (Å²) in [5.41, 5.74) is 2.91. The molecule has 7 nitrogen and oxygen atoms in total. The van der Waals surface area contributed by atoms with Gasteiger partial charge in [-0.3, -0.25) is 14.8 Å². The summed E-state index contributed by atoms with van der Waals surface area (Å²) < 4.78 is 0. The van der Waals surface area contributed by atoms with E-state index >= 15 is 0 Å². The van der Waals surface area contributed by atoms with E-state index in [1.165, 1.54) is 0 Å². The van der Waals surface area contributed by atoms with E-state index in [-0.39, 0.29) is 11.9 Å². The minimum atomic E-state index is -0.000630. The van der Waals surface area contributed by atoms with Crippen LogP contribution in [0, 0.1) is 0 Å². The zero-order valence-corrected chi connectivity index (χ0v) is 14.1. The van der Waals surface area contributed by atoms with Crippen LogP contribution in [0.15, 0.2) is 24.8 Å². The van der Waals surface area contributed by atoms with Crippen LogP contribution in [0.4, 0.5) is 5.95 Å². The predicted octanol–water partition coefficient (Wildman–Crippen LogP) is 1.46. The summed E-state index contributed by atoms with van der Waals surface area (Å²) in [4.78, 5) is 31.4. The average Bonchev–Trinajstić information content (AvgIpc) is 2.60. The number of amides is 1. The van der Waals surface area contributed by atoms with Crippen molar-refractivity contribution in [2.45, 2.75) is 38.1 Å². The Bertz CT molecular complexity index is 703. The van der Waals surface area contributed by atoms with Gasteiger partial charge in [0.05, 0.1) is 17.4 Å². The Kier molecular flexibility index (Phi) is 4.98. The summed E-state index contributed by atoms with van der Waals surface area (Å²) in [5.74, 6) is 0.735. The highest BCUT2D eigenvalue weighted by molar-refractivity contribution is 5.76. The molecule has 126 valence electrons. The Morgan fingerprint density at radius 1 is 1.29 bits per heavy atom. The molecule has 0 unspecified atom stereocenters. The number of carbonyl (C=O) groups excluding carboxylic acids is 1. The van der Waals surface area contributed by atoms with Crippen molar-refractivity contribution in [2.75, 3.05) is 19.0 Å². The highest BCUT2D eigenvalue weighted by Gasteiger charge is 2.24. The molecule has 0 fully saturated rings. The average molecular weight is 326 g/mol. The lowest BCUT2D eigenvalue weighted by Crippen LogP contribution is -2.32. The van der Waals surface area contributed by atoms with Crippen LogP contribution in [0.5, 0.6) is 0 Å². The van der Waals surface area contributed by atoms with Crippen molar-refractivity contribution in [3.63, 3.8) is 0 Å². The van der Waals surface area contributed by atoms with E-state index in [1.807, 2.05) is 25.2 Å². The van der Waals surface area contributed by atoms with Crippen LogP contribution in [-0.4, -0.2) is 39.9 Å². The van der Waals surface area contributed by atoms with Crippen molar-refractivity contribution < 1.29 is 4.79 Å². The molecule has 1 aliphatic rings. The number of aryl methyl sites for hydroxylation is 2. The second-order valence-electron chi connectivity index (χ2n) is 6.18. The first-order valence-corrected chi connectivity index (χ1v) is 8.21. The van der Waals surface area contributed by atoms with Gasteiger partial charge in [0.15, 0.2) is 0 Å². The van der Waals surface area contributed by atoms with Crippen LogP contribution in [0.1, 0.15) is 42.3 Å². The fourth-order valence-corrected chi connectivity index (χ4v) is 2.87. The lowest BCUT2D eigenvalue weighted by Gasteiger charge is -2.26. The molecule has 0 aliphatic heterocycles. The zero-order valence-electron chi connectivity index (χ0n) is 14.1. The molecule has 2 aromatic rings. The van der Waals surface area contributed by atoms with Crippen molar-refractivity contribution in [1.82, 2.24) is 25.3 Å². The van der Waals surface area contributed by atoms with Crippen molar-refractivity contribution in [3.05, 3.63) is 41.7 Å². The van der Waals surface area contributed by atoms with E-state index in [0.29, 0.717) is 18.8 Å². The summed E-state index contributed by atoms with van der Waals surface area (Å²) in [6, 6.07) is -0.000630. The maximum atomic E-state index is 12.3. The maximum absolute atomic E-state index is 12.3. The van der Waals surface area contributed by atoms with Gasteiger partial charge >= 0.3 is 0 Å². The van der Waals surface area contributed by atoms with E-state index in [1.54, 1.807) is 18.6 Å². The van der Waals surface area contributed by atoms with Gasteiger partial charge in [0.2, 0.25) is 11.9 Å². The second-order valence-corrected chi connectivity index (χ2v) is 6.18. The van der Waals surface area contributed by atoms with Crippen molar-refractivity contribution in [3.8, 4) is 0 Å². The van der Waals surface area contributed by atoms with Gasteiger partial charge in [-0.05, 0) is 25.7 Å². The second kappa shape index (κ2) is 7.33. The molecule has 0 saturated carbocycles. The molecule has 2 aromatic heterocycles. The van der Waals surface area contributed by atoms with Gasteiger partial charge in [0.1, 0.15) is 0 Å². The molecule has 0 spiro atoms. The third kappa shape index (κ3) is 3.84. The molecule has 7 heteroatoms. The van der Waals surface area contributed by atoms with Gasteiger partial charge in [0.25, 0.3) is 0 Å². The molecule has 0 bridgehead atoms. The lowest BCUT2D eigenvalue weighted by atomic mass is 9.92. The Balaban J connectivity index is 1.63. The van der Waals surface area contributed by atoms with Gasteiger partial charge < -0.3 is 10.2 Å². The van der Waals surface area contributed by atoms with Crippen molar-refractivity contribution in [2.24, 2.45) is 0 Å². The topological polar surface area (TPSA) is 83.9 Å². The van der Waals surface area contributed by atoms with Crippen LogP contribution in [0.2, 0.25) is 0 Å². The minimum Gasteiger partial charge on any atom is -0.349 e. The highest BCUT2D eigenvalue weighted by Crippen LogP contribution is 2.29. The summed E-state index contributed by atoms with van der Waals surface area (Å²) in [5, 5.41) is 3.11. The molecule has 1 atom stereocenters. The molecule has 3 rings (SSSR count). The summed E-state index contributed by atoms with van der Waals surface area (Å²) in [6.07, 6.45) is 10.7. The van der Waals surface area contributed by atoms with Gasteiger partial charge in [-0.2, -0.15) is 0 Å². The Labute approximate surface area is 141 Å². The van der Waals surface area contributed by atoms with E-state index in [4.69, 9.17) is 0 Å². The Morgan fingerprint density at radius 3 is 2.92 bits per heavy atom. The number of hydrogen-bond acceptors (Lipinski definition) is 6. The predicted molar refractivity (Wildman–Crippen MR) is 90.5 cm³/mol. The van der Waals surface area contributed by atoms with Gasteiger partial charge in [-0.1, -0.05) is 0 Å². The number of aromatic nitrogens is 4.